The van der Waals surface area contributed by atoms with Crippen molar-refractivity contribution in [1.82, 2.24) is 4.90 Å². The summed E-state index contributed by atoms with van der Waals surface area (Å²) in [6.07, 6.45) is 0. The molecule has 0 spiro atoms. The second-order valence-electron chi connectivity index (χ2n) is 7.34. The Hall–Kier alpha value is -2.60. The van der Waals surface area contributed by atoms with Crippen LogP contribution in [0.5, 0.6) is 0 Å². The summed E-state index contributed by atoms with van der Waals surface area (Å²) >= 11 is 1.77. The first-order chi connectivity index (χ1) is 14.8. The molecule has 5 heteroatoms. The van der Waals surface area contributed by atoms with Gasteiger partial charge < -0.3 is 10.1 Å². The van der Waals surface area contributed by atoms with Gasteiger partial charge in [0.15, 0.2) is 0 Å². The number of carbonyl (C=O) groups is 1. The number of thioether (sulfide) groups is 1. The fourth-order valence-corrected chi connectivity index (χ4v) is 4.27. The van der Waals surface area contributed by atoms with E-state index in [1.807, 2.05) is 42.5 Å². The lowest BCUT2D eigenvalue weighted by Gasteiger charge is -2.26. The molecule has 1 fully saturated rings. The summed E-state index contributed by atoms with van der Waals surface area (Å²) in [4.78, 5) is 16.2. The van der Waals surface area contributed by atoms with E-state index in [0.717, 1.165) is 49.2 Å². The van der Waals surface area contributed by atoms with Crippen molar-refractivity contribution < 1.29 is 9.53 Å². The van der Waals surface area contributed by atoms with Gasteiger partial charge in [-0.2, -0.15) is 0 Å². The SMILES string of the molecule is O=C(Nc1cccc(CN2CCOCC2)c1)c1ccc(SCc2ccccc2)cc1. The van der Waals surface area contributed by atoms with Crippen LogP contribution < -0.4 is 5.32 Å². The summed E-state index contributed by atoms with van der Waals surface area (Å²) in [5.74, 6) is 0.834. The van der Waals surface area contributed by atoms with Crippen molar-refractivity contribution in [3.8, 4) is 0 Å². The van der Waals surface area contributed by atoms with Crippen LogP contribution in [0.2, 0.25) is 0 Å². The highest BCUT2D eigenvalue weighted by molar-refractivity contribution is 7.98. The maximum atomic E-state index is 12.7. The van der Waals surface area contributed by atoms with Gasteiger partial charge in [0.1, 0.15) is 0 Å². The molecule has 0 aliphatic carbocycles. The predicted octanol–water partition coefficient (Wildman–Crippen LogP) is 5.06. The van der Waals surface area contributed by atoms with Gasteiger partial charge in [-0.15, -0.1) is 11.8 Å². The molecule has 3 aromatic carbocycles. The molecule has 154 valence electrons. The molecule has 0 bridgehead atoms. The Morgan fingerprint density at radius 1 is 0.900 bits per heavy atom. The van der Waals surface area contributed by atoms with Crippen LogP contribution in [0.4, 0.5) is 5.69 Å². The van der Waals surface area contributed by atoms with E-state index in [1.165, 1.54) is 11.1 Å². The lowest BCUT2D eigenvalue weighted by molar-refractivity contribution is 0.0342. The number of benzene rings is 3. The number of morpholine rings is 1. The Morgan fingerprint density at radius 2 is 1.63 bits per heavy atom. The van der Waals surface area contributed by atoms with Crippen molar-refractivity contribution in [3.05, 3.63) is 95.6 Å². The third-order valence-corrected chi connectivity index (χ3v) is 6.14. The summed E-state index contributed by atoms with van der Waals surface area (Å²) in [7, 11) is 0. The number of nitrogens with zero attached hydrogens (tertiary/aromatic N) is 1. The van der Waals surface area contributed by atoms with E-state index in [-0.39, 0.29) is 5.91 Å². The van der Waals surface area contributed by atoms with E-state index in [0.29, 0.717) is 5.56 Å². The topological polar surface area (TPSA) is 41.6 Å². The minimum Gasteiger partial charge on any atom is -0.379 e. The van der Waals surface area contributed by atoms with Gasteiger partial charge in [0.05, 0.1) is 13.2 Å². The lowest BCUT2D eigenvalue weighted by atomic mass is 10.1. The molecule has 1 saturated heterocycles. The van der Waals surface area contributed by atoms with Gasteiger partial charge in [-0.05, 0) is 47.5 Å². The number of anilines is 1. The van der Waals surface area contributed by atoms with Gasteiger partial charge in [0, 0.05) is 41.5 Å². The number of rotatable bonds is 7. The molecule has 0 atom stereocenters. The van der Waals surface area contributed by atoms with Crippen LogP contribution >= 0.6 is 11.8 Å². The monoisotopic (exact) mass is 418 g/mol. The van der Waals surface area contributed by atoms with Gasteiger partial charge in [-0.25, -0.2) is 0 Å². The summed E-state index contributed by atoms with van der Waals surface area (Å²) in [5, 5.41) is 3.02. The van der Waals surface area contributed by atoms with Crippen LogP contribution in [0.1, 0.15) is 21.5 Å². The molecule has 4 rings (SSSR count). The van der Waals surface area contributed by atoms with E-state index in [4.69, 9.17) is 4.74 Å². The number of nitrogens with one attached hydrogen (secondary N) is 1. The molecule has 0 aromatic heterocycles. The molecule has 1 N–H and O–H groups in total. The second-order valence-corrected chi connectivity index (χ2v) is 8.39. The Labute approximate surface area is 182 Å². The maximum absolute atomic E-state index is 12.7. The largest absolute Gasteiger partial charge is 0.379 e. The standard InChI is InChI=1S/C25H26N2O2S/c28-25(22-9-11-24(12-10-22)30-19-20-5-2-1-3-6-20)26-23-8-4-7-21(17-23)18-27-13-15-29-16-14-27/h1-12,17H,13-16,18-19H2,(H,26,28). The zero-order valence-corrected chi connectivity index (χ0v) is 17.7. The third kappa shape index (κ3) is 5.95. The van der Waals surface area contributed by atoms with Gasteiger partial charge in [-0.3, -0.25) is 9.69 Å². The van der Waals surface area contributed by atoms with E-state index < -0.39 is 0 Å². The normalized spacial score (nSPS) is 14.4. The van der Waals surface area contributed by atoms with Crippen LogP contribution in [-0.4, -0.2) is 37.1 Å². The summed E-state index contributed by atoms with van der Waals surface area (Å²) in [6, 6.07) is 26.3. The molecule has 30 heavy (non-hydrogen) atoms. The quantitative estimate of drug-likeness (QED) is 0.545. The summed E-state index contributed by atoms with van der Waals surface area (Å²) in [6.45, 7) is 4.35. The van der Waals surface area contributed by atoms with E-state index in [9.17, 15) is 4.79 Å². The summed E-state index contributed by atoms with van der Waals surface area (Å²) in [5.41, 5.74) is 3.98. The first-order valence-electron chi connectivity index (χ1n) is 10.2. The zero-order chi connectivity index (χ0) is 20.6. The molecule has 1 aliphatic heterocycles. The third-order valence-electron chi connectivity index (χ3n) is 5.06. The van der Waals surface area contributed by atoms with Crippen molar-refractivity contribution in [3.63, 3.8) is 0 Å². The Morgan fingerprint density at radius 3 is 2.40 bits per heavy atom. The van der Waals surface area contributed by atoms with Crippen LogP contribution in [0.15, 0.2) is 83.8 Å². The number of amides is 1. The zero-order valence-electron chi connectivity index (χ0n) is 16.9. The molecule has 1 aliphatic rings. The Balaban J connectivity index is 1.32. The minimum absolute atomic E-state index is 0.0851. The molecule has 1 amide bonds. The molecule has 0 unspecified atom stereocenters. The molecular formula is C25H26N2O2S. The van der Waals surface area contributed by atoms with Gasteiger partial charge >= 0.3 is 0 Å². The highest BCUT2D eigenvalue weighted by Gasteiger charge is 2.12. The van der Waals surface area contributed by atoms with E-state index in [2.05, 4.69) is 46.6 Å². The first-order valence-corrected chi connectivity index (χ1v) is 11.2. The maximum Gasteiger partial charge on any atom is 0.255 e. The average Bonchev–Trinajstić information content (AvgIpc) is 2.80. The highest BCUT2D eigenvalue weighted by Crippen LogP contribution is 2.23. The van der Waals surface area contributed by atoms with E-state index >= 15 is 0 Å². The summed E-state index contributed by atoms with van der Waals surface area (Å²) < 4.78 is 5.41. The van der Waals surface area contributed by atoms with Crippen molar-refractivity contribution in [2.75, 3.05) is 31.6 Å². The van der Waals surface area contributed by atoms with Crippen molar-refractivity contribution in [2.24, 2.45) is 0 Å². The molecular weight excluding hydrogens is 392 g/mol. The number of ether oxygens (including phenoxy) is 1. The minimum atomic E-state index is -0.0851. The van der Waals surface area contributed by atoms with Crippen molar-refractivity contribution in [2.45, 2.75) is 17.2 Å². The number of hydrogen-bond donors (Lipinski definition) is 1. The molecule has 0 saturated carbocycles. The van der Waals surface area contributed by atoms with Gasteiger partial charge in [-0.1, -0.05) is 42.5 Å². The molecule has 0 radical (unpaired) electrons. The van der Waals surface area contributed by atoms with Gasteiger partial charge in [0.25, 0.3) is 5.91 Å². The van der Waals surface area contributed by atoms with Crippen LogP contribution in [0, 0.1) is 0 Å². The van der Waals surface area contributed by atoms with Crippen LogP contribution in [0.3, 0.4) is 0 Å². The Bertz CT molecular complexity index is 954. The number of hydrogen-bond acceptors (Lipinski definition) is 4. The number of carbonyl (C=O) groups excluding carboxylic acids is 1. The van der Waals surface area contributed by atoms with Crippen molar-refractivity contribution in [1.29, 1.82) is 0 Å². The Kier molecular flexibility index (Phi) is 7.19. The first kappa shape index (κ1) is 20.7. The average molecular weight is 419 g/mol. The lowest BCUT2D eigenvalue weighted by Crippen LogP contribution is -2.35. The fourth-order valence-electron chi connectivity index (χ4n) is 3.41. The second kappa shape index (κ2) is 10.4. The van der Waals surface area contributed by atoms with Gasteiger partial charge in [0.2, 0.25) is 0 Å². The van der Waals surface area contributed by atoms with E-state index in [1.54, 1.807) is 11.8 Å². The fraction of sp³-hybridized carbons (Fsp3) is 0.240. The highest BCUT2D eigenvalue weighted by atomic mass is 32.2. The van der Waals surface area contributed by atoms with Crippen LogP contribution in [-0.2, 0) is 17.0 Å². The predicted molar refractivity (Wildman–Crippen MR) is 123 cm³/mol. The molecule has 4 nitrogen and oxygen atoms in total. The van der Waals surface area contributed by atoms with Crippen LogP contribution in [0.25, 0.3) is 0 Å². The van der Waals surface area contributed by atoms with Crippen molar-refractivity contribution >= 4 is 23.4 Å². The molecule has 1 heterocycles. The molecule has 3 aromatic rings. The smallest absolute Gasteiger partial charge is 0.255 e.